The predicted molar refractivity (Wildman–Crippen MR) is 70.4 cm³/mol. The maximum absolute atomic E-state index is 13.3. The number of aromatic nitrogens is 3. The number of pyridine rings is 1. The first-order valence-electron chi connectivity index (χ1n) is 4.50. The molecule has 88 valence electrons. The molecule has 3 nitrogen and oxygen atoms in total. The van der Waals surface area contributed by atoms with Crippen LogP contribution in [0.3, 0.4) is 0 Å². The van der Waals surface area contributed by atoms with Crippen molar-refractivity contribution in [3.05, 3.63) is 37.9 Å². The van der Waals surface area contributed by atoms with Gasteiger partial charge in [0, 0.05) is 15.1 Å². The zero-order valence-electron chi connectivity index (χ0n) is 8.51. The van der Waals surface area contributed by atoms with Gasteiger partial charge >= 0.3 is 0 Å². The van der Waals surface area contributed by atoms with Crippen LogP contribution in [0.2, 0.25) is 5.15 Å². The van der Waals surface area contributed by atoms with Crippen molar-refractivity contribution in [2.45, 2.75) is 6.92 Å². The highest BCUT2D eigenvalue weighted by Crippen LogP contribution is 2.27. The maximum Gasteiger partial charge on any atom is 0.181 e. The van der Waals surface area contributed by atoms with E-state index in [2.05, 4.69) is 46.8 Å². The Hall–Kier alpha value is -0.590. The molecule has 0 unspecified atom stereocenters. The van der Waals surface area contributed by atoms with Crippen molar-refractivity contribution in [3.8, 4) is 11.5 Å². The first kappa shape index (κ1) is 12.9. The Kier molecular flexibility index (Phi) is 3.75. The SMILES string of the molecule is Cc1nc(-c2ncc(Br)cc2Br)nc(Cl)c1F. The lowest BCUT2D eigenvalue weighted by atomic mass is 10.3. The topological polar surface area (TPSA) is 38.7 Å². The fraction of sp³-hybridized carbons (Fsp3) is 0.100. The van der Waals surface area contributed by atoms with Crippen LogP contribution in [0.1, 0.15) is 5.69 Å². The molecule has 0 amide bonds. The molecule has 2 rings (SSSR count). The van der Waals surface area contributed by atoms with Crippen molar-refractivity contribution in [2.75, 3.05) is 0 Å². The van der Waals surface area contributed by atoms with Gasteiger partial charge in [-0.05, 0) is 44.8 Å². The van der Waals surface area contributed by atoms with E-state index >= 15 is 0 Å². The lowest BCUT2D eigenvalue weighted by molar-refractivity contribution is 0.603. The minimum Gasteiger partial charge on any atom is -0.251 e. The van der Waals surface area contributed by atoms with Gasteiger partial charge in [0.05, 0.1) is 5.69 Å². The van der Waals surface area contributed by atoms with E-state index in [0.29, 0.717) is 10.2 Å². The van der Waals surface area contributed by atoms with Crippen molar-refractivity contribution < 1.29 is 4.39 Å². The third-order valence-electron chi connectivity index (χ3n) is 2.00. The van der Waals surface area contributed by atoms with Gasteiger partial charge in [0.25, 0.3) is 0 Å². The van der Waals surface area contributed by atoms with Crippen LogP contribution in [0, 0.1) is 12.7 Å². The van der Waals surface area contributed by atoms with E-state index in [4.69, 9.17) is 11.6 Å². The Balaban J connectivity index is 2.61. The van der Waals surface area contributed by atoms with E-state index < -0.39 is 5.82 Å². The zero-order valence-corrected chi connectivity index (χ0v) is 12.4. The van der Waals surface area contributed by atoms with Crippen LogP contribution in [0.15, 0.2) is 21.2 Å². The molecule has 0 radical (unpaired) electrons. The second-order valence-corrected chi connectivity index (χ2v) is 5.35. The number of hydrogen-bond acceptors (Lipinski definition) is 3. The molecule has 0 bridgehead atoms. The predicted octanol–water partition coefficient (Wildman–Crippen LogP) is 4.16. The first-order valence-corrected chi connectivity index (χ1v) is 6.46. The normalized spacial score (nSPS) is 10.6. The minimum absolute atomic E-state index is 0.191. The number of nitrogens with zero attached hydrogens (tertiary/aromatic N) is 3. The molecule has 0 saturated heterocycles. The summed E-state index contributed by atoms with van der Waals surface area (Å²) in [6.07, 6.45) is 1.61. The van der Waals surface area contributed by atoms with E-state index in [0.717, 1.165) is 4.47 Å². The first-order chi connectivity index (χ1) is 7.99. The Morgan fingerprint density at radius 1 is 1.29 bits per heavy atom. The third-order valence-corrected chi connectivity index (χ3v) is 3.28. The Morgan fingerprint density at radius 3 is 2.59 bits per heavy atom. The molecular weight excluding hydrogens is 376 g/mol. The van der Waals surface area contributed by atoms with E-state index in [-0.39, 0.29) is 16.7 Å². The van der Waals surface area contributed by atoms with Crippen LogP contribution < -0.4 is 0 Å². The summed E-state index contributed by atoms with van der Waals surface area (Å²) in [6.45, 7) is 1.53. The molecule has 0 aliphatic heterocycles. The number of aryl methyl sites for hydroxylation is 1. The van der Waals surface area contributed by atoms with Crippen molar-refractivity contribution >= 4 is 43.5 Å². The van der Waals surface area contributed by atoms with E-state index in [1.807, 2.05) is 0 Å². The number of hydrogen-bond donors (Lipinski definition) is 0. The Morgan fingerprint density at radius 2 is 2.00 bits per heavy atom. The molecule has 2 aromatic heterocycles. The van der Waals surface area contributed by atoms with Gasteiger partial charge in [-0.1, -0.05) is 11.6 Å². The lowest BCUT2D eigenvalue weighted by Crippen LogP contribution is -1.99. The molecule has 0 spiro atoms. The average molecular weight is 381 g/mol. The molecule has 0 aliphatic carbocycles. The van der Waals surface area contributed by atoms with Crippen LogP contribution in [-0.2, 0) is 0 Å². The van der Waals surface area contributed by atoms with Crippen LogP contribution in [-0.4, -0.2) is 15.0 Å². The molecule has 0 N–H and O–H groups in total. The molecule has 0 aromatic carbocycles. The summed E-state index contributed by atoms with van der Waals surface area (Å²) in [5, 5.41) is -0.205. The largest absolute Gasteiger partial charge is 0.251 e. The van der Waals surface area contributed by atoms with E-state index in [1.165, 1.54) is 6.92 Å². The highest BCUT2D eigenvalue weighted by molar-refractivity contribution is 9.11. The fourth-order valence-corrected chi connectivity index (χ4v) is 2.59. The van der Waals surface area contributed by atoms with E-state index in [1.54, 1.807) is 12.3 Å². The lowest BCUT2D eigenvalue weighted by Gasteiger charge is -2.05. The van der Waals surface area contributed by atoms with Crippen molar-refractivity contribution in [1.29, 1.82) is 0 Å². The number of halogens is 4. The van der Waals surface area contributed by atoms with Gasteiger partial charge in [-0.3, -0.25) is 4.98 Å². The molecule has 0 saturated carbocycles. The highest BCUT2D eigenvalue weighted by atomic mass is 79.9. The molecule has 7 heteroatoms. The molecule has 0 fully saturated rings. The monoisotopic (exact) mass is 379 g/mol. The Labute approximate surface area is 119 Å². The second-order valence-electron chi connectivity index (χ2n) is 3.22. The van der Waals surface area contributed by atoms with Crippen molar-refractivity contribution in [2.24, 2.45) is 0 Å². The summed E-state index contributed by atoms with van der Waals surface area (Å²) in [4.78, 5) is 12.0. The van der Waals surface area contributed by atoms with Gasteiger partial charge in [-0.15, -0.1) is 0 Å². The van der Waals surface area contributed by atoms with Gasteiger partial charge in [-0.2, -0.15) is 0 Å². The van der Waals surface area contributed by atoms with Crippen LogP contribution in [0.4, 0.5) is 4.39 Å². The molecular formula is C10H5Br2ClFN3. The van der Waals surface area contributed by atoms with Gasteiger partial charge in [0.2, 0.25) is 0 Å². The summed E-state index contributed by atoms with van der Waals surface area (Å²) in [5.74, 6) is -0.322. The number of rotatable bonds is 1. The summed E-state index contributed by atoms with van der Waals surface area (Å²) < 4.78 is 14.8. The molecule has 2 aromatic rings. The summed E-state index contributed by atoms with van der Waals surface area (Å²) >= 11 is 12.3. The minimum atomic E-state index is -0.608. The zero-order chi connectivity index (χ0) is 12.6. The van der Waals surface area contributed by atoms with Gasteiger partial charge in [0.15, 0.2) is 16.8 Å². The van der Waals surface area contributed by atoms with Gasteiger partial charge in [0.1, 0.15) is 5.69 Å². The fourth-order valence-electron chi connectivity index (χ4n) is 1.21. The smallest absolute Gasteiger partial charge is 0.181 e. The third kappa shape index (κ3) is 2.64. The molecule has 0 aliphatic rings. The van der Waals surface area contributed by atoms with Crippen LogP contribution in [0.5, 0.6) is 0 Å². The van der Waals surface area contributed by atoms with Crippen LogP contribution >= 0.6 is 43.5 Å². The van der Waals surface area contributed by atoms with Crippen LogP contribution in [0.25, 0.3) is 11.5 Å². The van der Waals surface area contributed by atoms with Gasteiger partial charge in [-0.25, -0.2) is 14.4 Å². The quantitative estimate of drug-likeness (QED) is 0.696. The standard InChI is InChI=1S/C10H5Br2ClFN3/c1-4-7(14)9(13)17-10(16-4)8-6(12)2-5(11)3-15-8/h2-3H,1H3. The van der Waals surface area contributed by atoms with E-state index in [9.17, 15) is 4.39 Å². The summed E-state index contributed by atoms with van der Waals surface area (Å²) in [5.41, 5.74) is 0.704. The summed E-state index contributed by atoms with van der Waals surface area (Å²) in [7, 11) is 0. The van der Waals surface area contributed by atoms with Crippen molar-refractivity contribution in [1.82, 2.24) is 15.0 Å². The van der Waals surface area contributed by atoms with Crippen molar-refractivity contribution in [3.63, 3.8) is 0 Å². The highest BCUT2D eigenvalue weighted by Gasteiger charge is 2.14. The maximum atomic E-state index is 13.3. The second kappa shape index (κ2) is 4.96. The molecule has 17 heavy (non-hydrogen) atoms. The molecule has 2 heterocycles. The summed E-state index contributed by atoms with van der Waals surface area (Å²) in [6, 6.07) is 1.80. The van der Waals surface area contributed by atoms with Gasteiger partial charge < -0.3 is 0 Å². The average Bonchev–Trinajstić information content (AvgIpc) is 2.25. The Bertz CT molecular complexity index is 569. The molecule has 0 atom stereocenters.